The van der Waals surface area contributed by atoms with E-state index in [4.69, 9.17) is 4.42 Å². The Labute approximate surface area is 103 Å². The van der Waals surface area contributed by atoms with Gasteiger partial charge in [0.2, 0.25) is 0 Å². The first-order valence-electron chi connectivity index (χ1n) is 5.84. The zero-order valence-electron chi connectivity index (χ0n) is 9.51. The van der Waals surface area contributed by atoms with Crippen LogP contribution in [0.4, 0.5) is 0 Å². The van der Waals surface area contributed by atoms with Gasteiger partial charge in [0.1, 0.15) is 0 Å². The summed E-state index contributed by atoms with van der Waals surface area (Å²) in [6.45, 7) is 0. The lowest BCUT2D eigenvalue weighted by atomic mass is 9.87. The van der Waals surface area contributed by atoms with Crippen molar-refractivity contribution in [3.05, 3.63) is 65.9 Å². The van der Waals surface area contributed by atoms with Crippen molar-refractivity contribution in [1.82, 2.24) is 0 Å². The Morgan fingerprint density at radius 2 is 1.56 bits per heavy atom. The van der Waals surface area contributed by atoms with Crippen LogP contribution < -0.4 is 0 Å². The van der Waals surface area contributed by atoms with Gasteiger partial charge in [0, 0.05) is 22.6 Å². The molecule has 0 spiro atoms. The first-order valence-corrected chi connectivity index (χ1v) is 5.84. The van der Waals surface area contributed by atoms with Gasteiger partial charge in [-0.1, -0.05) is 36.4 Å². The molecule has 0 fully saturated rings. The highest BCUT2D eigenvalue weighted by atomic mass is 16.3. The third kappa shape index (κ3) is 1.07. The average Bonchev–Trinajstić information content (AvgIpc) is 2.44. The molecule has 1 heterocycles. The standard InChI is InChI=1S/C16H9O2/c17-15-11-5-1-2-6-12(11)16-14-10(8-9-18-16)4-3-7-13(14)15/h1-9H/q+1. The fourth-order valence-electron chi connectivity index (χ4n) is 2.61. The third-order valence-corrected chi connectivity index (χ3v) is 3.42. The second kappa shape index (κ2) is 3.26. The van der Waals surface area contributed by atoms with E-state index in [0.717, 1.165) is 27.7 Å². The van der Waals surface area contributed by atoms with Crippen LogP contribution in [0.5, 0.6) is 0 Å². The molecule has 0 aliphatic heterocycles. The molecule has 3 aromatic rings. The number of hydrogen-bond donors (Lipinski definition) is 0. The first-order chi connectivity index (χ1) is 8.86. The van der Waals surface area contributed by atoms with E-state index in [1.54, 1.807) is 6.26 Å². The van der Waals surface area contributed by atoms with E-state index < -0.39 is 0 Å². The lowest BCUT2D eigenvalue weighted by Gasteiger charge is -2.12. The Kier molecular flexibility index (Phi) is 1.73. The molecular formula is C16H9O2+. The number of carbonyl (C=O) groups excluding carboxylic acids is 1. The van der Waals surface area contributed by atoms with E-state index in [9.17, 15) is 4.79 Å². The van der Waals surface area contributed by atoms with E-state index in [1.165, 1.54) is 0 Å². The first kappa shape index (κ1) is 9.54. The molecule has 0 saturated heterocycles. The summed E-state index contributed by atoms with van der Waals surface area (Å²) in [7, 11) is 0. The van der Waals surface area contributed by atoms with Gasteiger partial charge < -0.3 is 0 Å². The van der Waals surface area contributed by atoms with Gasteiger partial charge >= 0.3 is 12.0 Å². The number of carbonyl (C=O) groups is 1. The molecule has 4 rings (SSSR count). The number of fused-ring (bicyclic) bond motifs is 2. The maximum absolute atomic E-state index is 12.5. The largest absolute Gasteiger partial charge is 0.368 e. The maximum atomic E-state index is 12.5. The fourth-order valence-corrected chi connectivity index (χ4v) is 2.61. The van der Waals surface area contributed by atoms with Gasteiger partial charge in [-0.2, -0.15) is 0 Å². The lowest BCUT2D eigenvalue weighted by molar-refractivity contribution is 0.103. The molecule has 2 nitrogen and oxygen atoms in total. The van der Waals surface area contributed by atoms with E-state index in [0.29, 0.717) is 5.56 Å². The van der Waals surface area contributed by atoms with Crippen molar-refractivity contribution >= 4 is 16.6 Å². The molecule has 84 valence electrons. The summed E-state index contributed by atoms with van der Waals surface area (Å²) in [5.41, 5.74) is 2.32. The van der Waals surface area contributed by atoms with Crippen LogP contribution in [-0.2, 0) is 0 Å². The maximum Gasteiger partial charge on any atom is 0.368 e. The smallest absolute Gasteiger partial charge is 0.289 e. The Balaban J connectivity index is 2.28. The minimum absolute atomic E-state index is 0.0742. The second-order valence-electron chi connectivity index (χ2n) is 4.39. The van der Waals surface area contributed by atoms with Gasteiger partial charge in [-0.25, -0.2) is 4.42 Å². The summed E-state index contributed by atoms with van der Waals surface area (Å²) >= 11 is 0. The van der Waals surface area contributed by atoms with Crippen molar-refractivity contribution in [2.45, 2.75) is 0 Å². The van der Waals surface area contributed by atoms with Crippen molar-refractivity contribution in [2.75, 3.05) is 0 Å². The number of rotatable bonds is 0. The summed E-state index contributed by atoms with van der Waals surface area (Å²) in [6.07, 6.45) is 1.67. The normalized spacial score (nSPS) is 12.6. The van der Waals surface area contributed by atoms with Crippen LogP contribution >= 0.6 is 0 Å². The highest BCUT2D eigenvalue weighted by Gasteiger charge is 2.31. The summed E-state index contributed by atoms with van der Waals surface area (Å²) in [6, 6.07) is 15.2. The van der Waals surface area contributed by atoms with E-state index in [2.05, 4.69) is 0 Å². The van der Waals surface area contributed by atoms with E-state index >= 15 is 0 Å². The predicted octanol–water partition coefficient (Wildman–Crippen LogP) is 3.93. The Hall–Kier alpha value is -2.48. The summed E-state index contributed by atoms with van der Waals surface area (Å²) in [5.74, 6) is 0.864. The van der Waals surface area contributed by atoms with Crippen molar-refractivity contribution in [2.24, 2.45) is 0 Å². The summed E-state index contributed by atoms with van der Waals surface area (Å²) in [4.78, 5) is 12.5. The van der Waals surface area contributed by atoms with Crippen LogP contribution in [0.1, 0.15) is 15.9 Å². The molecule has 0 radical (unpaired) electrons. The Morgan fingerprint density at radius 3 is 2.44 bits per heavy atom. The molecule has 2 aromatic carbocycles. The predicted molar refractivity (Wildman–Crippen MR) is 69.5 cm³/mol. The molecular weight excluding hydrogens is 224 g/mol. The minimum Gasteiger partial charge on any atom is -0.289 e. The lowest BCUT2D eigenvalue weighted by Crippen LogP contribution is -2.09. The Bertz CT molecular complexity index is 798. The van der Waals surface area contributed by atoms with Gasteiger partial charge in [-0.3, -0.25) is 4.79 Å². The van der Waals surface area contributed by atoms with Gasteiger partial charge in [0.25, 0.3) is 0 Å². The fraction of sp³-hybridized carbons (Fsp3) is 0. The quantitative estimate of drug-likeness (QED) is 0.430. The van der Waals surface area contributed by atoms with Crippen molar-refractivity contribution < 1.29 is 9.21 Å². The zero-order valence-corrected chi connectivity index (χ0v) is 9.51. The monoisotopic (exact) mass is 233 g/mol. The van der Waals surface area contributed by atoms with Crippen molar-refractivity contribution in [3.63, 3.8) is 0 Å². The van der Waals surface area contributed by atoms with Crippen LogP contribution in [0.25, 0.3) is 22.1 Å². The highest BCUT2D eigenvalue weighted by molar-refractivity contribution is 6.24. The summed E-state index contributed by atoms with van der Waals surface area (Å²) < 4.78 is 5.64. The molecule has 0 bridgehead atoms. The molecule has 1 aliphatic carbocycles. The third-order valence-electron chi connectivity index (χ3n) is 3.42. The molecule has 18 heavy (non-hydrogen) atoms. The molecule has 0 atom stereocenters. The van der Waals surface area contributed by atoms with Crippen molar-refractivity contribution in [3.8, 4) is 11.3 Å². The van der Waals surface area contributed by atoms with Gasteiger partial charge in [0.15, 0.2) is 5.78 Å². The summed E-state index contributed by atoms with van der Waals surface area (Å²) in [5, 5.41) is 1.96. The molecule has 2 heteroatoms. The zero-order chi connectivity index (χ0) is 12.1. The number of ketones is 1. The van der Waals surface area contributed by atoms with E-state index in [-0.39, 0.29) is 5.78 Å². The SMILES string of the molecule is O=C1c2ccccc2-c2[o+]ccc3cccc1c23. The van der Waals surface area contributed by atoms with Gasteiger partial charge in [-0.15, -0.1) is 0 Å². The van der Waals surface area contributed by atoms with Crippen molar-refractivity contribution in [1.29, 1.82) is 0 Å². The molecule has 0 N–H and O–H groups in total. The average molecular weight is 233 g/mol. The van der Waals surface area contributed by atoms with Crippen LogP contribution in [0.15, 0.2) is 59.2 Å². The molecule has 0 saturated carbocycles. The van der Waals surface area contributed by atoms with Crippen LogP contribution in [-0.4, -0.2) is 5.78 Å². The molecule has 0 amide bonds. The van der Waals surface area contributed by atoms with Crippen LogP contribution in [0.2, 0.25) is 0 Å². The number of hydrogen-bond acceptors (Lipinski definition) is 1. The van der Waals surface area contributed by atoms with Gasteiger partial charge in [0.05, 0.1) is 10.9 Å². The van der Waals surface area contributed by atoms with Crippen LogP contribution in [0, 0.1) is 0 Å². The Morgan fingerprint density at radius 1 is 0.778 bits per heavy atom. The molecule has 0 unspecified atom stereocenters. The molecule has 1 aromatic heterocycles. The second-order valence-corrected chi connectivity index (χ2v) is 4.39. The highest BCUT2D eigenvalue weighted by Crippen LogP contribution is 2.38. The van der Waals surface area contributed by atoms with Gasteiger partial charge in [-0.05, 0) is 6.07 Å². The van der Waals surface area contributed by atoms with E-state index in [1.807, 2.05) is 48.5 Å². The minimum atomic E-state index is 0.0742. The topological polar surface area (TPSA) is 28.4 Å². The molecule has 1 aliphatic rings. The number of benzene rings is 2. The van der Waals surface area contributed by atoms with Crippen LogP contribution in [0.3, 0.4) is 0 Å².